The monoisotopic (exact) mass is 171 g/mol. The Bertz CT molecular complexity index is 155. The van der Waals surface area contributed by atoms with Gasteiger partial charge in [0.2, 0.25) is 0 Å². The van der Waals surface area contributed by atoms with Crippen LogP contribution in [0, 0.1) is 0 Å². The molecule has 0 aromatic rings. The van der Waals surface area contributed by atoms with Gasteiger partial charge < -0.3 is 9.64 Å². The summed E-state index contributed by atoms with van der Waals surface area (Å²) in [4.78, 5) is 12.8. The topological polar surface area (TPSA) is 29.5 Å². The van der Waals surface area contributed by atoms with Crippen molar-refractivity contribution in [3.8, 4) is 0 Å². The minimum Gasteiger partial charge on any atom is -0.459 e. The van der Waals surface area contributed by atoms with E-state index in [2.05, 4.69) is 11.5 Å². The number of ether oxygens (including phenoxy) is 1. The first kappa shape index (κ1) is 11.2. The molecule has 0 aliphatic rings. The predicted octanol–water partition coefficient (Wildman–Crippen LogP) is 1.06. The van der Waals surface area contributed by atoms with Gasteiger partial charge in [0.25, 0.3) is 0 Å². The van der Waals surface area contributed by atoms with E-state index in [0.29, 0.717) is 0 Å². The molecule has 0 saturated heterocycles. The summed E-state index contributed by atoms with van der Waals surface area (Å²) in [7, 11) is 3.98. The highest BCUT2D eigenvalue weighted by Crippen LogP contribution is 1.98. The third-order valence-electron chi connectivity index (χ3n) is 1.47. The average molecular weight is 171 g/mol. The molecule has 0 spiro atoms. The molecular formula is C9H17NO2. The molecule has 0 amide bonds. The summed E-state index contributed by atoms with van der Waals surface area (Å²) in [6.45, 7) is 6.13. The second-order valence-corrected chi connectivity index (χ2v) is 3.04. The van der Waals surface area contributed by atoms with E-state index in [4.69, 9.17) is 4.74 Å². The maximum atomic E-state index is 10.7. The van der Waals surface area contributed by atoms with Crippen molar-refractivity contribution in [2.45, 2.75) is 19.4 Å². The lowest BCUT2D eigenvalue weighted by Crippen LogP contribution is -2.21. The molecule has 1 atom stereocenters. The fourth-order valence-electron chi connectivity index (χ4n) is 0.745. The lowest BCUT2D eigenvalue weighted by molar-refractivity contribution is -0.142. The molecule has 12 heavy (non-hydrogen) atoms. The van der Waals surface area contributed by atoms with E-state index < -0.39 is 0 Å². The molecule has 0 aliphatic carbocycles. The molecule has 0 heterocycles. The van der Waals surface area contributed by atoms with Crippen LogP contribution in [0.1, 0.15) is 13.3 Å². The maximum absolute atomic E-state index is 10.7. The molecule has 0 saturated carbocycles. The van der Waals surface area contributed by atoms with Crippen molar-refractivity contribution in [3.63, 3.8) is 0 Å². The summed E-state index contributed by atoms with van der Waals surface area (Å²) in [5.41, 5.74) is 0. The zero-order valence-electron chi connectivity index (χ0n) is 8.04. The fourth-order valence-corrected chi connectivity index (χ4v) is 0.745. The van der Waals surface area contributed by atoms with Gasteiger partial charge in [-0.1, -0.05) is 6.58 Å². The first-order valence-corrected chi connectivity index (χ1v) is 4.04. The van der Waals surface area contributed by atoms with Gasteiger partial charge in [-0.3, -0.25) is 0 Å². The number of carbonyl (C=O) groups is 1. The number of rotatable bonds is 5. The van der Waals surface area contributed by atoms with Gasteiger partial charge in [-0.05, 0) is 27.4 Å². The Morgan fingerprint density at radius 3 is 2.67 bits per heavy atom. The van der Waals surface area contributed by atoms with Crippen molar-refractivity contribution < 1.29 is 9.53 Å². The number of carbonyl (C=O) groups excluding carboxylic acids is 1. The molecule has 0 aliphatic heterocycles. The molecule has 1 unspecified atom stereocenters. The minimum absolute atomic E-state index is 0.0297. The Hall–Kier alpha value is -0.830. The number of hydrogen-bond donors (Lipinski definition) is 0. The molecular weight excluding hydrogens is 154 g/mol. The summed E-state index contributed by atoms with van der Waals surface area (Å²) >= 11 is 0. The Morgan fingerprint density at radius 1 is 1.67 bits per heavy atom. The molecule has 3 heteroatoms. The molecule has 0 N–H and O–H groups in total. The Morgan fingerprint density at radius 2 is 2.25 bits per heavy atom. The first-order chi connectivity index (χ1) is 5.56. The van der Waals surface area contributed by atoms with Crippen molar-refractivity contribution in [1.29, 1.82) is 0 Å². The molecule has 70 valence electrons. The van der Waals surface area contributed by atoms with Gasteiger partial charge in [0.15, 0.2) is 0 Å². The van der Waals surface area contributed by atoms with Gasteiger partial charge in [0.1, 0.15) is 6.10 Å². The van der Waals surface area contributed by atoms with Gasteiger partial charge in [-0.2, -0.15) is 0 Å². The lowest BCUT2D eigenvalue weighted by Gasteiger charge is -2.14. The van der Waals surface area contributed by atoms with Crippen molar-refractivity contribution in [3.05, 3.63) is 12.7 Å². The second kappa shape index (κ2) is 5.77. The van der Waals surface area contributed by atoms with Gasteiger partial charge >= 0.3 is 5.97 Å². The molecule has 0 bridgehead atoms. The van der Waals surface area contributed by atoms with Crippen LogP contribution in [0.4, 0.5) is 0 Å². The summed E-state index contributed by atoms with van der Waals surface area (Å²) in [6, 6.07) is 0. The summed E-state index contributed by atoms with van der Waals surface area (Å²) in [6.07, 6.45) is 2.01. The third-order valence-corrected chi connectivity index (χ3v) is 1.47. The van der Waals surface area contributed by atoms with E-state index >= 15 is 0 Å². The van der Waals surface area contributed by atoms with Crippen molar-refractivity contribution in [1.82, 2.24) is 4.90 Å². The summed E-state index contributed by atoms with van der Waals surface area (Å²) in [5, 5.41) is 0. The minimum atomic E-state index is -0.346. The number of nitrogens with zero attached hydrogens (tertiary/aromatic N) is 1. The zero-order valence-corrected chi connectivity index (χ0v) is 8.04. The highest BCUT2D eigenvalue weighted by atomic mass is 16.5. The van der Waals surface area contributed by atoms with E-state index in [0.717, 1.165) is 13.0 Å². The SMILES string of the molecule is C=CC(=O)OC(C)CCN(C)C. The van der Waals surface area contributed by atoms with Gasteiger partial charge in [0.05, 0.1) is 0 Å². The van der Waals surface area contributed by atoms with Crippen molar-refractivity contribution in [2.75, 3.05) is 20.6 Å². The Labute approximate surface area is 74.0 Å². The van der Waals surface area contributed by atoms with Crippen molar-refractivity contribution in [2.24, 2.45) is 0 Å². The number of esters is 1. The van der Waals surface area contributed by atoms with Crippen LogP contribution in [0.3, 0.4) is 0 Å². The second-order valence-electron chi connectivity index (χ2n) is 3.04. The Balaban J connectivity index is 3.52. The summed E-state index contributed by atoms with van der Waals surface area (Å²) < 4.78 is 4.97. The van der Waals surface area contributed by atoms with Crippen LogP contribution in [0.25, 0.3) is 0 Å². The molecule has 0 aromatic carbocycles. The molecule has 0 radical (unpaired) electrons. The highest BCUT2D eigenvalue weighted by Gasteiger charge is 2.05. The van der Waals surface area contributed by atoms with Crippen LogP contribution < -0.4 is 0 Å². The molecule has 0 rings (SSSR count). The van der Waals surface area contributed by atoms with Crippen LogP contribution >= 0.6 is 0 Å². The predicted molar refractivity (Wildman–Crippen MR) is 48.9 cm³/mol. The largest absolute Gasteiger partial charge is 0.459 e. The van der Waals surface area contributed by atoms with Gasteiger partial charge in [0, 0.05) is 12.6 Å². The van der Waals surface area contributed by atoms with E-state index in [1.165, 1.54) is 6.08 Å². The van der Waals surface area contributed by atoms with Crippen LogP contribution in [-0.4, -0.2) is 37.6 Å². The van der Waals surface area contributed by atoms with Crippen LogP contribution in [0.2, 0.25) is 0 Å². The Kier molecular flexibility index (Phi) is 5.37. The van der Waals surface area contributed by atoms with Crippen molar-refractivity contribution >= 4 is 5.97 Å². The van der Waals surface area contributed by atoms with Crippen LogP contribution in [0.15, 0.2) is 12.7 Å². The van der Waals surface area contributed by atoms with Crippen LogP contribution in [-0.2, 0) is 9.53 Å². The van der Waals surface area contributed by atoms with E-state index in [9.17, 15) is 4.79 Å². The van der Waals surface area contributed by atoms with E-state index in [1.54, 1.807) is 0 Å². The fraction of sp³-hybridized carbons (Fsp3) is 0.667. The van der Waals surface area contributed by atoms with Gasteiger partial charge in [-0.25, -0.2) is 4.79 Å². The zero-order chi connectivity index (χ0) is 9.56. The molecule has 0 aromatic heterocycles. The molecule has 0 fully saturated rings. The highest BCUT2D eigenvalue weighted by molar-refractivity contribution is 5.81. The van der Waals surface area contributed by atoms with Gasteiger partial charge in [-0.15, -0.1) is 0 Å². The standard InChI is InChI=1S/C9H17NO2/c1-5-9(11)12-8(2)6-7-10(3)4/h5,8H,1,6-7H2,2-4H3. The normalized spacial score (nSPS) is 12.7. The van der Waals surface area contributed by atoms with Crippen LogP contribution in [0.5, 0.6) is 0 Å². The third kappa shape index (κ3) is 5.92. The first-order valence-electron chi connectivity index (χ1n) is 4.04. The summed E-state index contributed by atoms with van der Waals surface area (Å²) in [5.74, 6) is -0.346. The average Bonchev–Trinajstić information content (AvgIpc) is 2.00. The lowest BCUT2D eigenvalue weighted by atomic mass is 10.3. The van der Waals surface area contributed by atoms with E-state index in [1.807, 2.05) is 21.0 Å². The molecule has 3 nitrogen and oxygen atoms in total. The quantitative estimate of drug-likeness (QED) is 0.457. The smallest absolute Gasteiger partial charge is 0.330 e. The number of hydrogen-bond acceptors (Lipinski definition) is 3. The van der Waals surface area contributed by atoms with E-state index in [-0.39, 0.29) is 12.1 Å². The maximum Gasteiger partial charge on any atom is 0.330 e.